The van der Waals surface area contributed by atoms with E-state index in [9.17, 15) is 14.4 Å². The van der Waals surface area contributed by atoms with Gasteiger partial charge in [0.05, 0.1) is 5.56 Å². The highest BCUT2D eigenvalue weighted by molar-refractivity contribution is 9.10. The molecule has 0 atom stereocenters. The summed E-state index contributed by atoms with van der Waals surface area (Å²) >= 11 is 3.37. The topological polar surface area (TPSA) is 75.7 Å². The van der Waals surface area contributed by atoms with E-state index >= 15 is 0 Å². The Morgan fingerprint density at radius 2 is 1.55 bits per heavy atom. The first-order valence-electron chi connectivity index (χ1n) is 10.3. The second kappa shape index (κ2) is 9.64. The molecule has 2 aromatic rings. The Morgan fingerprint density at radius 3 is 2.13 bits per heavy atom. The molecule has 0 aromatic heterocycles. The Morgan fingerprint density at radius 1 is 0.968 bits per heavy atom. The fraction of sp³-hybridized carbons (Fsp3) is 0.375. The average molecular weight is 487 g/mol. The Hall–Kier alpha value is -2.67. The van der Waals surface area contributed by atoms with E-state index in [-0.39, 0.29) is 17.7 Å². The van der Waals surface area contributed by atoms with Crippen LogP contribution in [0, 0.1) is 0 Å². The Labute approximate surface area is 191 Å². The highest BCUT2D eigenvalue weighted by Gasteiger charge is 2.28. The van der Waals surface area contributed by atoms with Crippen LogP contribution in [0.2, 0.25) is 0 Å². The zero-order valence-electron chi connectivity index (χ0n) is 18.0. The fourth-order valence-corrected chi connectivity index (χ4v) is 3.76. The van der Waals surface area contributed by atoms with E-state index in [1.165, 1.54) is 0 Å². The third-order valence-electron chi connectivity index (χ3n) is 5.01. The van der Waals surface area contributed by atoms with E-state index in [4.69, 9.17) is 4.74 Å². The molecule has 1 fully saturated rings. The van der Waals surface area contributed by atoms with Crippen molar-refractivity contribution in [2.45, 2.75) is 45.3 Å². The number of piperidine rings is 1. The van der Waals surface area contributed by atoms with Crippen molar-refractivity contribution in [3.8, 4) is 0 Å². The molecule has 0 radical (unpaired) electrons. The van der Waals surface area contributed by atoms with Crippen molar-refractivity contribution >= 4 is 33.7 Å². The number of carbonyl (C=O) groups excluding carboxylic acids is 3. The summed E-state index contributed by atoms with van der Waals surface area (Å²) in [6.45, 7) is 6.46. The van der Waals surface area contributed by atoms with Crippen LogP contribution in [-0.4, -0.2) is 47.4 Å². The van der Waals surface area contributed by atoms with Crippen LogP contribution in [-0.2, 0) is 4.74 Å². The van der Waals surface area contributed by atoms with Gasteiger partial charge in [0.1, 0.15) is 5.60 Å². The summed E-state index contributed by atoms with van der Waals surface area (Å²) in [5.74, 6) is -0.352. The number of rotatable bonds is 4. The minimum Gasteiger partial charge on any atom is -0.444 e. The monoisotopic (exact) mass is 486 g/mol. The second-order valence-electron chi connectivity index (χ2n) is 8.59. The van der Waals surface area contributed by atoms with E-state index in [1.54, 1.807) is 53.4 Å². The van der Waals surface area contributed by atoms with Crippen molar-refractivity contribution < 1.29 is 19.1 Å². The molecule has 1 heterocycles. The number of hydrogen-bond acceptors (Lipinski definition) is 4. The number of likely N-dealkylation sites (tertiary alicyclic amines) is 1. The van der Waals surface area contributed by atoms with Gasteiger partial charge >= 0.3 is 6.09 Å². The van der Waals surface area contributed by atoms with Crippen LogP contribution < -0.4 is 5.32 Å². The number of hydrogen-bond donors (Lipinski definition) is 1. The molecular weight excluding hydrogens is 460 g/mol. The largest absolute Gasteiger partial charge is 0.444 e. The average Bonchev–Trinajstić information content (AvgIpc) is 2.72. The molecule has 3 rings (SSSR count). The van der Waals surface area contributed by atoms with Crippen LogP contribution in [0.1, 0.15) is 59.9 Å². The maximum atomic E-state index is 13.2. The van der Waals surface area contributed by atoms with Crippen molar-refractivity contribution in [3.63, 3.8) is 0 Å². The first kappa shape index (κ1) is 23.0. The summed E-state index contributed by atoms with van der Waals surface area (Å²) in [5.41, 5.74) is 0.771. The molecule has 0 spiro atoms. The van der Waals surface area contributed by atoms with Gasteiger partial charge in [0.2, 0.25) is 0 Å². The van der Waals surface area contributed by atoms with Gasteiger partial charge in [-0.3, -0.25) is 9.59 Å². The third kappa shape index (κ3) is 6.17. The summed E-state index contributed by atoms with van der Waals surface area (Å²) in [7, 11) is 0. The van der Waals surface area contributed by atoms with Gasteiger partial charge in [-0.2, -0.15) is 0 Å². The van der Waals surface area contributed by atoms with E-state index in [0.29, 0.717) is 42.6 Å². The van der Waals surface area contributed by atoms with Gasteiger partial charge in [-0.15, -0.1) is 0 Å². The first-order valence-corrected chi connectivity index (χ1v) is 11.1. The number of benzene rings is 2. The predicted octanol–water partition coefficient (Wildman–Crippen LogP) is 4.81. The zero-order valence-corrected chi connectivity index (χ0v) is 19.6. The highest BCUT2D eigenvalue weighted by atomic mass is 79.9. The first-order chi connectivity index (χ1) is 14.6. The molecule has 0 aliphatic carbocycles. The fourth-order valence-electron chi connectivity index (χ4n) is 3.50. The number of alkyl carbamates (subject to hydrolysis) is 1. The Kier molecular flexibility index (Phi) is 7.15. The maximum absolute atomic E-state index is 13.2. The number of carbonyl (C=O) groups is 3. The number of nitrogens with zero attached hydrogens (tertiary/aromatic N) is 1. The molecule has 0 saturated carbocycles. The molecule has 164 valence electrons. The van der Waals surface area contributed by atoms with Crippen molar-refractivity contribution in [3.05, 3.63) is 69.7 Å². The molecule has 6 nitrogen and oxygen atoms in total. The summed E-state index contributed by atoms with van der Waals surface area (Å²) in [6, 6.07) is 14.0. The third-order valence-corrected chi connectivity index (χ3v) is 5.54. The molecule has 1 aliphatic rings. The number of halogens is 1. The highest BCUT2D eigenvalue weighted by Crippen LogP contribution is 2.21. The van der Waals surface area contributed by atoms with Crippen LogP contribution >= 0.6 is 15.9 Å². The second-order valence-corrected chi connectivity index (χ2v) is 9.51. The quantitative estimate of drug-likeness (QED) is 0.629. The Balaban J connectivity index is 1.66. The molecule has 2 aromatic carbocycles. The van der Waals surface area contributed by atoms with E-state index < -0.39 is 11.7 Å². The maximum Gasteiger partial charge on any atom is 0.407 e. The van der Waals surface area contributed by atoms with Crippen LogP contribution in [0.3, 0.4) is 0 Å². The van der Waals surface area contributed by atoms with Gasteiger partial charge in [-0.1, -0.05) is 34.1 Å². The van der Waals surface area contributed by atoms with Gasteiger partial charge < -0.3 is 15.0 Å². The molecule has 0 unspecified atom stereocenters. The standard InChI is InChI=1S/C24H27BrN2O4/c1-24(2,3)31-23(30)26-18-12-14-27(15-13-18)22(29)20-7-5-4-6-19(20)21(28)16-8-10-17(25)11-9-16/h4-11,18H,12-15H2,1-3H3,(H,26,30). The van der Waals surface area contributed by atoms with Crippen LogP contribution in [0.4, 0.5) is 4.79 Å². The summed E-state index contributed by atoms with van der Waals surface area (Å²) in [6.07, 6.45) is 0.824. The Bertz CT molecular complexity index is 958. The van der Waals surface area contributed by atoms with E-state index in [0.717, 1.165) is 4.47 Å². The molecule has 7 heteroatoms. The minimum absolute atomic E-state index is 0.0430. The van der Waals surface area contributed by atoms with E-state index in [2.05, 4.69) is 21.2 Å². The number of ether oxygens (including phenoxy) is 1. The van der Waals surface area contributed by atoms with Crippen LogP contribution in [0.5, 0.6) is 0 Å². The number of nitrogens with one attached hydrogen (secondary N) is 1. The SMILES string of the molecule is CC(C)(C)OC(=O)NC1CCN(C(=O)c2ccccc2C(=O)c2ccc(Br)cc2)CC1. The molecule has 0 bridgehead atoms. The minimum atomic E-state index is -0.550. The van der Waals surface area contributed by atoms with Crippen molar-refractivity contribution in [2.24, 2.45) is 0 Å². The van der Waals surface area contributed by atoms with Crippen molar-refractivity contribution in [1.82, 2.24) is 10.2 Å². The van der Waals surface area contributed by atoms with E-state index in [1.807, 2.05) is 20.8 Å². The molecule has 31 heavy (non-hydrogen) atoms. The summed E-state index contributed by atoms with van der Waals surface area (Å²) in [5, 5.41) is 2.87. The van der Waals surface area contributed by atoms with Crippen LogP contribution in [0.15, 0.2) is 53.0 Å². The lowest BCUT2D eigenvalue weighted by Crippen LogP contribution is -2.47. The molecule has 1 N–H and O–H groups in total. The molecule has 1 aliphatic heterocycles. The van der Waals surface area contributed by atoms with Gasteiger partial charge in [-0.25, -0.2) is 4.79 Å². The molecular formula is C24H27BrN2O4. The summed E-state index contributed by atoms with van der Waals surface area (Å²) < 4.78 is 6.19. The zero-order chi connectivity index (χ0) is 22.6. The lowest BCUT2D eigenvalue weighted by atomic mass is 9.96. The number of ketones is 1. The lowest BCUT2D eigenvalue weighted by molar-refractivity contribution is 0.0473. The summed E-state index contributed by atoms with van der Waals surface area (Å²) in [4.78, 5) is 39.9. The van der Waals surface area contributed by atoms with Gasteiger partial charge in [0.25, 0.3) is 5.91 Å². The predicted molar refractivity (Wildman–Crippen MR) is 122 cm³/mol. The van der Waals surface area contributed by atoms with Gasteiger partial charge in [0, 0.05) is 34.7 Å². The lowest BCUT2D eigenvalue weighted by Gasteiger charge is -2.33. The number of amides is 2. The van der Waals surface area contributed by atoms with Gasteiger partial charge in [-0.05, 0) is 63.9 Å². The normalized spacial score (nSPS) is 14.8. The molecule has 2 amide bonds. The van der Waals surface area contributed by atoms with Crippen molar-refractivity contribution in [1.29, 1.82) is 0 Å². The van der Waals surface area contributed by atoms with Gasteiger partial charge in [0.15, 0.2) is 5.78 Å². The van der Waals surface area contributed by atoms with Crippen molar-refractivity contribution in [2.75, 3.05) is 13.1 Å². The van der Waals surface area contributed by atoms with Crippen LogP contribution in [0.25, 0.3) is 0 Å². The molecule has 1 saturated heterocycles. The smallest absolute Gasteiger partial charge is 0.407 e.